The van der Waals surface area contributed by atoms with Gasteiger partial charge >= 0.3 is 0 Å². The van der Waals surface area contributed by atoms with Crippen LogP contribution in [0, 0.1) is 0 Å². The summed E-state index contributed by atoms with van der Waals surface area (Å²) in [6.07, 6.45) is 0. The summed E-state index contributed by atoms with van der Waals surface area (Å²) in [5, 5.41) is 1.54. The number of hydrogen-bond acceptors (Lipinski definition) is 4. The summed E-state index contributed by atoms with van der Waals surface area (Å²) >= 11 is 12.0. The number of nitrogens with two attached hydrogens (primary N) is 1. The summed E-state index contributed by atoms with van der Waals surface area (Å²) in [6.45, 7) is 0. The topological polar surface area (TPSA) is 63.0 Å². The van der Waals surface area contributed by atoms with Crippen LogP contribution in [-0.4, -0.2) is 10.1 Å². The molecule has 0 bridgehead atoms. The van der Waals surface area contributed by atoms with Gasteiger partial charge in [-0.1, -0.05) is 22.9 Å². The number of nitrogens with zero attached hydrogens (tertiary/aromatic N) is 1. The van der Waals surface area contributed by atoms with Gasteiger partial charge in [0.2, 0.25) is 5.13 Å². The molecule has 0 fully saturated rings. The highest BCUT2D eigenvalue weighted by Gasteiger charge is 2.03. The van der Waals surface area contributed by atoms with Crippen LogP contribution in [0.4, 0.5) is 5.13 Å². The van der Waals surface area contributed by atoms with Crippen LogP contribution in [0.15, 0.2) is 18.2 Å². The molecule has 0 aliphatic heterocycles. The van der Waals surface area contributed by atoms with Crippen LogP contribution in [0.1, 0.15) is 0 Å². The maximum atomic E-state index is 5.84. The quantitative estimate of drug-likeness (QED) is 0.569. The zero-order valence-electron chi connectivity index (χ0n) is 7.45. The van der Waals surface area contributed by atoms with Crippen molar-refractivity contribution in [3.05, 3.63) is 23.2 Å². The minimum absolute atomic E-state index is 0.173. The SMILES string of the molecule is NC(=S)NNc1nc2cc(Cl)ccc2s1. The zero-order valence-corrected chi connectivity index (χ0v) is 9.84. The van der Waals surface area contributed by atoms with Crippen molar-refractivity contribution < 1.29 is 0 Å². The predicted octanol–water partition coefficient (Wildman–Crippen LogP) is 2.11. The van der Waals surface area contributed by atoms with E-state index in [4.69, 9.17) is 17.3 Å². The Morgan fingerprint density at radius 1 is 1.53 bits per heavy atom. The molecule has 0 aliphatic carbocycles. The van der Waals surface area contributed by atoms with Crippen LogP contribution < -0.4 is 16.6 Å². The number of rotatable bonds is 2. The molecule has 0 spiro atoms. The molecule has 1 heterocycles. The summed E-state index contributed by atoms with van der Waals surface area (Å²) in [6, 6.07) is 5.55. The molecule has 0 amide bonds. The van der Waals surface area contributed by atoms with Crippen LogP contribution in [0.3, 0.4) is 0 Å². The average molecular weight is 259 g/mol. The molecule has 0 aliphatic rings. The molecule has 15 heavy (non-hydrogen) atoms. The Kier molecular flexibility index (Phi) is 2.90. The highest BCUT2D eigenvalue weighted by atomic mass is 35.5. The molecule has 0 unspecified atom stereocenters. The number of nitrogens with one attached hydrogen (secondary N) is 2. The molecule has 4 N–H and O–H groups in total. The lowest BCUT2D eigenvalue weighted by atomic mass is 10.3. The van der Waals surface area contributed by atoms with Crippen LogP contribution in [0.5, 0.6) is 0 Å². The first-order chi connectivity index (χ1) is 7.15. The molecular weight excluding hydrogens is 252 g/mol. The Labute approximate surface area is 100 Å². The van der Waals surface area contributed by atoms with E-state index in [0.717, 1.165) is 10.2 Å². The summed E-state index contributed by atoms with van der Waals surface area (Å²) in [7, 11) is 0. The Hall–Kier alpha value is -1.11. The predicted molar refractivity (Wildman–Crippen MR) is 68.2 cm³/mol. The highest BCUT2D eigenvalue weighted by molar-refractivity contribution is 7.80. The second-order valence-electron chi connectivity index (χ2n) is 2.75. The Bertz CT molecular complexity index is 510. The van der Waals surface area contributed by atoms with Gasteiger partial charge in [0.15, 0.2) is 5.11 Å². The molecule has 4 nitrogen and oxygen atoms in total. The Morgan fingerprint density at radius 2 is 2.33 bits per heavy atom. The van der Waals surface area contributed by atoms with Gasteiger partial charge in [-0.2, -0.15) is 0 Å². The van der Waals surface area contributed by atoms with Crippen LogP contribution >= 0.6 is 35.2 Å². The van der Waals surface area contributed by atoms with Crippen molar-refractivity contribution in [1.29, 1.82) is 0 Å². The van der Waals surface area contributed by atoms with Crippen molar-refractivity contribution in [2.45, 2.75) is 0 Å². The number of hydrazine groups is 1. The molecule has 0 saturated carbocycles. The van der Waals surface area contributed by atoms with Gasteiger partial charge in [-0.15, -0.1) is 0 Å². The summed E-state index contributed by atoms with van der Waals surface area (Å²) in [5.41, 5.74) is 11.5. The van der Waals surface area contributed by atoms with Crippen LogP contribution in [-0.2, 0) is 0 Å². The number of halogens is 1. The number of fused-ring (bicyclic) bond motifs is 1. The molecule has 0 radical (unpaired) electrons. The van der Waals surface area contributed by atoms with Gasteiger partial charge in [0.05, 0.1) is 10.2 Å². The summed E-state index contributed by atoms with van der Waals surface area (Å²) in [5.74, 6) is 0. The molecule has 78 valence electrons. The van der Waals surface area contributed by atoms with Crippen LogP contribution in [0.25, 0.3) is 10.2 Å². The van der Waals surface area contributed by atoms with Gasteiger partial charge in [0.25, 0.3) is 0 Å². The van der Waals surface area contributed by atoms with Crippen molar-refractivity contribution in [3.63, 3.8) is 0 Å². The molecular formula is C8H7ClN4S2. The third kappa shape index (κ3) is 2.47. The maximum absolute atomic E-state index is 5.84. The molecule has 1 aromatic heterocycles. The van der Waals surface area contributed by atoms with E-state index in [9.17, 15) is 0 Å². The van der Waals surface area contributed by atoms with Crippen molar-refractivity contribution in [2.24, 2.45) is 5.73 Å². The van der Waals surface area contributed by atoms with E-state index in [1.54, 1.807) is 6.07 Å². The third-order valence-corrected chi connectivity index (χ3v) is 2.93. The van der Waals surface area contributed by atoms with E-state index in [2.05, 4.69) is 28.1 Å². The van der Waals surface area contributed by atoms with E-state index >= 15 is 0 Å². The van der Waals surface area contributed by atoms with E-state index in [-0.39, 0.29) is 5.11 Å². The minimum atomic E-state index is 0.173. The van der Waals surface area contributed by atoms with E-state index in [1.165, 1.54) is 11.3 Å². The van der Waals surface area contributed by atoms with Crippen molar-refractivity contribution in [3.8, 4) is 0 Å². The van der Waals surface area contributed by atoms with Crippen molar-refractivity contribution in [2.75, 3.05) is 5.43 Å². The molecule has 2 rings (SSSR count). The van der Waals surface area contributed by atoms with Crippen molar-refractivity contribution >= 4 is 55.6 Å². The first-order valence-electron chi connectivity index (χ1n) is 4.03. The summed E-state index contributed by atoms with van der Waals surface area (Å²) < 4.78 is 1.05. The van der Waals surface area contributed by atoms with E-state index in [0.29, 0.717) is 10.2 Å². The number of thiazole rings is 1. The smallest absolute Gasteiger partial charge is 0.202 e. The fourth-order valence-corrected chi connectivity index (χ4v) is 2.09. The van der Waals surface area contributed by atoms with Gasteiger partial charge in [-0.05, 0) is 30.4 Å². The van der Waals surface area contributed by atoms with Gasteiger partial charge < -0.3 is 5.73 Å². The van der Waals surface area contributed by atoms with Crippen molar-refractivity contribution in [1.82, 2.24) is 10.4 Å². The number of benzene rings is 1. The standard InChI is InChI=1S/C8H7ClN4S2/c9-4-1-2-6-5(3-4)11-8(15-6)13-12-7(10)14/h1-3H,(H,11,13)(H3,10,12,14). The number of anilines is 1. The molecule has 2 aromatic rings. The monoisotopic (exact) mass is 258 g/mol. The largest absolute Gasteiger partial charge is 0.375 e. The van der Waals surface area contributed by atoms with Gasteiger partial charge in [0.1, 0.15) is 0 Å². The molecule has 1 aromatic carbocycles. The Morgan fingerprint density at radius 3 is 3.07 bits per heavy atom. The summed E-state index contributed by atoms with van der Waals surface area (Å²) in [4.78, 5) is 4.29. The highest BCUT2D eigenvalue weighted by Crippen LogP contribution is 2.27. The minimum Gasteiger partial charge on any atom is -0.375 e. The van der Waals surface area contributed by atoms with E-state index < -0.39 is 0 Å². The van der Waals surface area contributed by atoms with Gasteiger partial charge in [-0.3, -0.25) is 10.9 Å². The van der Waals surface area contributed by atoms with Crippen LogP contribution in [0.2, 0.25) is 5.02 Å². The fraction of sp³-hybridized carbons (Fsp3) is 0. The number of thiocarbonyl (C=S) groups is 1. The fourth-order valence-electron chi connectivity index (χ4n) is 1.07. The first-order valence-corrected chi connectivity index (χ1v) is 5.63. The van der Waals surface area contributed by atoms with E-state index in [1.807, 2.05) is 12.1 Å². The molecule has 7 heteroatoms. The lowest BCUT2D eigenvalue weighted by molar-refractivity contribution is 1.12. The Balaban J connectivity index is 2.27. The van der Waals surface area contributed by atoms with Gasteiger partial charge in [-0.25, -0.2) is 4.98 Å². The number of aromatic nitrogens is 1. The average Bonchev–Trinajstić information content (AvgIpc) is 2.56. The maximum Gasteiger partial charge on any atom is 0.202 e. The lowest BCUT2D eigenvalue weighted by Crippen LogP contribution is -2.33. The number of hydrogen-bond donors (Lipinski definition) is 3. The normalized spacial score (nSPS) is 10.2. The molecule has 0 saturated heterocycles. The first kappa shape index (κ1) is 10.4. The zero-order chi connectivity index (χ0) is 10.8. The second-order valence-corrected chi connectivity index (χ2v) is 4.65. The third-order valence-electron chi connectivity index (χ3n) is 1.64. The van der Waals surface area contributed by atoms with Gasteiger partial charge in [0, 0.05) is 5.02 Å². The molecule has 0 atom stereocenters. The second kappa shape index (κ2) is 4.18. The lowest BCUT2D eigenvalue weighted by Gasteiger charge is -2.01.